The Labute approximate surface area is 112 Å². The van der Waals surface area contributed by atoms with Gasteiger partial charge in [0.05, 0.1) is 5.69 Å². The number of aryl methyl sites for hydroxylation is 1. The van der Waals surface area contributed by atoms with Crippen LogP contribution in [0.5, 0.6) is 5.75 Å². The summed E-state index contributed by atoms with van der Waals surface area (Å²) in [6, 6.07) is 4.49. The molecular weight excluding hydrogens is 244 g/mol. The van der Waals surface area contributed by atoms with Gasteiger partial charge in [0.25, 0.3) is 0 Å². The van der Waals surface area contributed by atoms with Crippen LogP contribution in [0.3, 0.4) is 0 Å². The molecule has 1 atom stereocenters. The number of hydrogen-bond donors (Lipinski definition) is 2. The Morgan fingerprint density at radius 2 is 2.26 bits per heavy atom. The number of rotatable bonds is 3. The Morgan fingerprint density at radius 3 is 2.84 bits per heavy atom. The molecule has 0 saturated carbocycles. The molecule has 0 unspecified atom stereocenters. The first-order valence-corrected chi connectivity index (χ1v) is 6.43. The van der Waals surface area contributed by atoms with E-state index in [2.05, 4.69) is 5.32 Å². The molecule has 1 fully saturated rings. The molecule has 1 heterocycles. The standard InChI is InChI=1S/C14H18N2O3/c1-3-16(12-8-10(17)5-4-9(12)2)14(19)11-6-7-13(18)15-11/h4-5,8,11,17H,3,6-7H2,1-2H3,(H,15,18)/t11-/m0/s1. The highest BCUT2D eigenvalue weighted by atomic mass is 16.3. The summed E-state index contributed by atoms with van der Waals surface area (Å²) in [7, 11) is 0. The number of carbonyl (C=O) groups excluding carboxylic acids is 2. The molecule has 1 aliphatic rings. The van der Waals surface area contributed by atoms with E-state index in [1.807, 2.05) is 13.8 Å². The highest BCUT2D eigenvalue weighted by Crippen LogP contribution is 2.26. The average molecular weight is 262 g/mol. The summed E-state index contributed by atoms with van der Waals surface area (Å²) in [5.74, 6) is -0.0774. The van der Waals surface area contributed by atoms with Crippen LogP contribution in [0, 0.1) is 6.92 Å². The average Bonchev–Trinajstić information content (AvgIpc) is 2.81. The van der Waals surface area contributed by atoms with Crippen molar-refractivity contribution in [3.63, 3.8) is 0 Å². The zero-order valence-corrected chi connectivity index (χ0v) is 11.1. The largest absolute Gasteiger partial charge is 0.508 e. The normalized spacial score (nSPS) is 18.2. The molecule has 0 radical (unpaired) electrons. The lowest BCUT2D eigenvalue weighted by Crippen LogP contribution is -2.44. The molecule has 5 nitrogen and oxygen atoms in total. The van der Waals surface area contributed by atoms with E-state index in [9.17, 15) is 14.7 Å². The van der Waals surface area contributed by atoms with E-state index in [4.69, 9.17) is 0 Å². The van der Waals surface area contributed by atoms with Gasteiger partial charge in [-0.25, -0.2) is 0 Å². The van der Waals surface area contributed by atoms with Crippen molar-refractivity contribution < 1.29 is 14.7 Å². The molecule has 0 bridgehead atoms. The Balaban J connectivity index is 2.26. The molecule has 1 aromatic carbocycles. The van der Waals surface area contributed by atoms with Crippen molar-refractivity contribution in [3.05, 3.63) is 23.8 Å². The fourth-order valence-electron chi connectivity index (χ4n) is 2.32. The summed E-state index contributed by atoms with van der Waals surface area (Å²) < 4.78 is 0. The number of nitrogens with one attached hydrogen (secondary N) is 1. The van der Waals surface area contributed by atoms with E-state index in [1.54, 1.807) is 23.1 Å². The predicted octanol–water partition coefficient (Wildman–Crippen LogP) is 1.33. The molecule has 1 saturated heterocycles. The third kappa shape index (κ3) is 2.70. The second-order valence-corrected chi connectivity index (χ2v) is 4.71. The van der Waals surface area contributed by atoms with Crippen molar-refractivity contribution in [3.8, 4) is 5.75 Å². The van der Waals surface area contributed by atoms with E-state index < -0.39 is 6.04 Å². The predicted molar refractivity (Wildman–Crippen MR) is 72.0 cm³/mol. The molecule has 2 amide bonds. The third-order valence-electron chi connectivity index (χ3n) is 3.36. The maximum Gasteiger partial charge on any atom is 0.249 e. The fraction of sp³-hybridized carbons (Fsp3) is 0.429. The number of hydrogen-bond acceptors (Lipinski definition) is 3. The number of amides is 2. The highest BCUT2D eigenvalue weighted by Gasteiger charge is 2.31. The summed E-state index contributed by atoms with van der Waals surface area (Å²) >= 11 is 0. The van der Waals surface area contributed by atoms with Crippen LogP contribution < -0.4 is 10.2 Å². The number of likely N-dealkylation sites (N-methyl/N-ethyl adjacent to an activating group) is 1. The maximum absolute atomic E-state index is 12.4. The lowest BCUT2D eigenvalue weighted by molar-refractivity contribution is -0.124. The lowest BCUT2D eigenvalue weighted by Gasteiger charge is -2.25. The zero-order chi connectivity index (χ0) is 14.0. The number of aromatic hydroxyl groups is 1. The Bertz CT molecular complexity index is 513. The van der Waals surface area contributed by atoms with Gasteiger partial charge in [-0.15, -0.1) is 0 Å². The molecule has 0 aliphatic carbocycles. The first-order chi connectivity index (χ1) is 9.02. The molecule has 0 spiro atoms. The minimum Gasteiger partial charge on any atom is -0.508 e. The van der Waals surface area contributed by atoms with Crippen LogP contribution >= 0.6 is 0 Å². The molecule has 0 aromatic heterocycles. The molecule has 2 rings (SSSR count). The number of phenolic OH excluding ortho intramolecular Hbond substituents is 1. The number of phenols is 1. The number of carbonyl (C=O) groups is 2. The van der Waals surface area contributed by atoms with Crippen molar-refractivity contribution in [2.45, 2.75) is 32.7 Å². The second kappa shape index (κ2) is 5.30. The summed E-state index contributed by atoms with van der Waals surface area (Å²) in [5.41, 5.74) is 1.60. The van der Waals surface area contributed by atoms with Crippen LogP contribution in [-0.4, -0.2) is 29.5 Å². The van der Waals surface area contributed by atoms with Gasteiger partial charge < -0.3 is 15.3 Å². The van der Waals surface area contributed by atoms with Crippen molar-refractivity contribution in [1.29, 1.82) is 0 Å². The molecule has 1 aliphatic heterocycles. The van der Waals surface area contributed by atoms with Crippen LogP contribution in [0.15, 0.2) is 18.2 Å². The van der Waals surface area contributed by atoms with Gasteiger partial charge in [0.1, 0.15) is 11.8 Å². The summed E-state index contributed by atoms with van der Waals surface area (Å²) in [5, 5.41) is 12.2. The van der Waals surface area contributed by atoms with Crippen LogP contribution in [0.1, 0.15) is 25.3 Å². The lowest BCUT2D eigenvalue weighted by atomic mass is 10.1. The quantitative estimate of drug-likeness (QED) is 0.863. The molecule has 5 heteroatoms. The highest BCUT2D eigenvalue weighted by molar-refractivity contribution is 6.01. The molecule has 102 valence electrons. The SMILES string of the molecule is CCN(C(=O)[C@@H]1CCC(=O)N1)c1cc(O)ccc1C. The van der Waals surface area contributed by atoms with Crippen LogP contribution in [0.4, 0.5) is 5.69 Å². The first-order valence-electron chi connectivity index (χ1n) is 6.43. The van der Waals surface area contributed by atoms with Gasteiger partial charge in [0.15, 0.2) is 0 Å². The maximum atomic E-state index is 12.4. The van der Waals surface area contributed by atoms with Crippen LogP contribution in [0.25, 0.3) is 0 Å². The van der Waals surface area contributed by atoms with E-state index in [0.717, 1.165) is 5.56 Å². The second-order valence-electron chi connectivity index (χ2n) is 4.71. The minimum atomic E-state index is -0.450. The Kier molecular flexibility index (Phi) is 3.74. The van der Waals surface area contributed by atoms with Crippen molar-refractivity contribution in [2.24, 2.45) is 0 Å². The third-order valence-corrected chi connectivity index (χ3v) is 3.36. The van der Waals surface area contributed by atoms with Gasteiger partial charge in [-0.3, -0.25) is 9.59 Å². The first kappa shape index (κ1) is 13.4. The molecule has 19 heavy (non-hydrogen) atoms. The van der Waals surface area contributed by atoms with Crippen LogP contribution in [-0.2, 0) is 9.59 Å². The zero-order valence-electron chi connectivity index (χ0n) is 11.1. The molecular formula is C14H18N2O3. The van der Waals surface area contributed by atoms with Crippen molar-refractivity contribution in [2.75, 3.05) is 11.4 Å². The van der Waals surface area contributed by atoms with Gasteiger partial charge in [0, 0.05) is 19.0 Å². The van der Waals surface area contributed by atoms with Gasteiger partial charge >= 0.3 is 0 Å². The van der Waals surface area contributed by atoms with E-state index in [0.29, 0.717) is 25.1 Å². The molecule has 2 N–H and O–H groups in total. The summed E-state index contributed by atoms with van der Waals surface area (Å²) in [6.07, 6.45) is 0.930. The fourth-order valence-corrected chi connectivity index (χ4v) is 2.32. The number of nitrogens with zero attached hydrogens (tertiary/aromatic N) is 1. The monoisotopic (exact) mass is 262 g/mol. The Hall–Kier alpha value is -2.04. The number of anilines is 1. The smallest absolute Gasteiger partial charge is 0.249 e. The van der Waals surface area contributed by atoms with E-state index in [1.165, 1.54) is 0 Å². The van der Waals surface area contributed by atoms with E-state index in [-0.39, 0.29) is 17.6 Å². The summed E-state index contributed by atoms with van der Waals surface area (Å²) in [6.45, 7) is 4.26. The topological polar surface area (TPSA) is 69.6 Å². The van der Waals surface area contributed by atoms with Gasteiger partial charge in [-0.1, -0.05) is 6.07 Å². The van der Waals surface area contributed by atoms with Crippen molar-refractivity contribution in [1.82, 2.24) is 5.32 Å². The Morgan fingerprint density at radius 1 is 1.53 bits per heavy atom. The van der Waals surface area contributed by atoms with Gasteiger partial charge in [0.2, 0.25) is 11.8 Å². The minimum absolute atomic E-state index is 0.0815. The van der Waals surface area contributed by atoms with Gasteiger partial charge in [-0.05, 0) is 31.9 Å². The summed E-state index contributed by atoms with van der Waals surface area (Å²) in [4.78, 5) is 25.2. The van der Waals surface area contributed by atoms with Crippen molar-refractivity contribution >= 4 is 17.5 Å². The molecule has 1 aromatic rings. The number of benzene rings is 1. The van der Waals surface area contributed by atoms with Crippen LogP contribution in [0.2, 0.25) is 0 Å². The van der Waals surface area contributed by atoms with Gasteiger partial charge in [-0.2, -0.15) is 0 Å². The van der Waals surface area contributed by atoms with E-state index >= 15 is 0 Å².